The van der Waals surface area contributed by atoms with Crippen LogP contribution in [0, 0.1) is 11.8 Å². The van der Waals surface area contributed by atoms with E-state index >= 15 is 0 Å². The molecular formula is C19H29NO. The van der Waals surface area contributed by atoms with Crippen LogP contribution in [0.15, 0.2) is 30.3 Å². The Kier molecular flexibility index (Phi) is 4.66. The Hall–Kier alpha value is -0.860. The van der Waals surface area contributed by atoms with Crippen LogP contribution in [-0.2, 0) is 5.60 Å². The molecule has 1 unspecified atom stereocenters. The molecule has 1 atom stereocenters. The summed E-state index contributed by atoms with van der Waals surface area (Å²) in [6.45, 7) is 2.24. The lowest BCUT2D eigenvalue weighted by Crippen LogP contribution is -2.47. The minimum Gasteiger partial charge on any atom is -0.385 e. The second kappa shape index (κ2) is 6.50. The van der Waals surface area contributed by atoms with Crippen molar-refractivity contribution in [3.63, 3.8) is 0 Å². The topological polar surface area (TPSA) is 23.5 Å². The summed E-state index contributed by atoms with van der Waals surface area (Å²) >= 11 is 0. The Morgan fingerprint density at radius 2 is 1.48 bits per heavy atom. The Morgan fingerprint density at radius 3 is 2.10 bits per heavy atom. The Labute approximate surface area is 129 Å². The van der Waals surface area contributed by atoms with E-state index < -0.39 is 5.60 Å². The number of likely N-dealkylation sites (tertiary alicyclic amines) is 1. The molecule has 2 fully saturated rings. The summed E-state index contributed by atoms with van der Waals surface area (Å²) in [5.41, 5.74) is 0.551. The number of nitrogens with zero attached hydrogens (tertiary/aromatic N) is 1. The molecule has 2 aliphatic rings. The minimum atomic E-state index is -0.608. The van der Waals surface area contributed by atoms with Crippen molar-refractivity contribution in [2.24, 2.45) is 11.8 Å². The van der Waals surface area contributed by atoms with Crippen molar-refractivity contribution in [2.75, 3.05) is 20.1 Å². The molecule has 0 spiro atoms. The van der Waals surface area contributed by atoms with Crippen molar-refractivity contribution < 1.29 is 5.11 Å². The van der Waals surface area contributed by atoms with E-state index in [0.29, 0.717) is 11.8 Å². The first-order valence-electron chi connectivity index (χ1n) is 8.67. The molecule has 1 heterocycles. The third-order valence-corrected chi connectivity index (χ3v) is 5.80. The van der Waals surface area contributed by atoms with Crippen molar-refractivity contribution in [1.29, 1.82) is 0 Å². The van der Waals surface area contributed by atoms with Gasteiger partial charge in [-0.25, -0.2) is 0 Å². The summed E-state index contributed by atoms with van der Waals surface area (Å²) in [6.07, 6.45) is 8.54. The number of benzene rings is 1. The average Bonchev–Trinajstić information content (AvgIpc) is 2.56. The van der Waals surface area contributed by atoms with Gasteiger partial charge in [0, 0.05) is 0 Å². The van der Waals surface area contributed by atoms with Gasteiger partial charge in [-0.1, -0.05) is 49.6 Å². The summed E-state index contributed by atoms with van der Waals surface area (Å²) < 4.78 is 0. The molecule has 1 aliphatic carbocycles. The van der Waals surface area contributed by atoms with Gasteiger partial charge in [-0.05, 0) is 63.2 Å². The molecule has 116 valence electrons. The van der Waals surface area contributed by atoms with Gasteiger partial charge in [0.1, 0.15) is 0 Å². The van der Waals surface area contributed by atoms with E-state index in [-0.39, 0.29) is 0 Å². The first-order chi connectivity index (χ1) is 10.2. The highest BCUT2D eigenvalue weighted by molar-refractivity contribution is 5.25. The van der Waals surface area contributed by atoms with Gasteiger partial charge >= 0.3 is 0 Å². The van der Waals surface area contributed by atoms with Crippen LogP contribution in [0.25, 0.3) is 0 Å². The van der Waals surface area contributed by atoms with E-state index in [1.807, 2.05) is 0 Å². The summed E-state index contributed by atoms with van der Waals surface area (Å²) in [6, 6.07) is 10.5. The zero-order valence-corrected chi connectivity index (χ0v) is 13.3. The fourth-order valence-electron chi connectivity index (χ4n) is 4.50. The first kappa shape index (κ1) is 15.1. The van der Waals surface area contributed by atoms with Gasteiger partial charge in [-0.15, -0.1) is 0 Å². The van der Waals surface area contributed by atoms with Crippen LogP contribution < -0.4 is 0 Å². The van der Waals surface area contributed by atoms with Crippen molar-refractivity contribution in [1.82, 2.24) is 4.90 Å². The summed E-state index contributed by atoms with van der Waals surface area (Å²) in [5, 5.41) is 11.8. The largest absolute Gasteiger partial charge is 0.385 e. The van der Waals surface area contributed by atoms with Crippen molar-refractivity contribution >= 4 is 0 Å². The lowest BCUT2D eigenvalue weighted by molar-refractivity contribution is -0.103. The highest BCUT2D eigenvalue weighted by Gasteiger charge is 2.45. The number of rotatable bonds is 3. The van der Waals surface area contributed by atoms with E-state index in [9.17, 15) is 5.11 Å². The number of hydrogen-bond acceptors (Lipinski definition) is 2. The quantitative estimate of drug-likeness (QED) is 0.914. The van der Waals surface area contributed by atoms with Crippen molar-refractivity contribution in [3.8, 4) is 0 Å². The molecule has 0 aromatic heterocycles. The first-order valence-corrected chi connectivity index (χ1v) is 8.67. The molecule has 0 amide bonds. The molecule has 1 N–H and O–H groups in total. The van der Waals surface area contributed by atoms with Crippen LogP contribution in [0.2, 0.25) is 0 Å². The normalized spacial score (nSPS) is 25.6. The van der Waals surface area contributed by atoms with Crippen molar-refractivity contribution in [3.05, 3.63) is 35.9 Å². The van der Waals surface area contributed by atoms with E-state index in [0.717, 1.165) is 31.5 Å². The molecule has 0 bridgehead atoms. The fourth-order valence-corrected chi connectivity index (χ4v) is 4.50. The monoisotopic (exact) mass is 287 g/mol. The zero-order valence-electron chi connectivity index (χ0n) is 13.3. The van der Waals surface area contributed by atoms with Crippen LogP contribution in [0.4, 0.5) is 0 Å². The Bertz CT molecular complexity index is 432. The second-order valence-corrected chi connectivity index (χ2v) is 7.10. The van der Waals surface area contributed by atoms with Crippen LogP contribution in [0.5, 0.6) is 0 Å². The summed E-state index contributed by atoms with van der Waals surface area (Å²) in [5.74, 6) is 0.862. The van der Waals surface area contributed by atoms with E-state index in [4.69, 9.17) is 0 Å². The highest BCUT2D eigenvalue weighted by Crippen LogP contribution is 2.47. The molecule has 2 nitrogen and oxygen atoms in total. The third kappa shape index (κ3) is 3.02. The van der Waals surface area contributed by atoms with Crippen LogP contribution in [0.3, 0.4) is 0 Å². The number of hydrogen-bond donors (Lipinski definition) is 1. The molecule has 2 heteroatoms. The minimum absolute atomic E-state index is 0.416. The Balaban J connectivity index is 1.90. The van der Waals surface area contributed by atoms with Crippen LogP contribution in [-0.4, -0.2) is 30.1 Å². The maximum atomic E-state index is 11.8. The lowest BCUT2D eigenvalue weighted by atomic mass is 9.65. The molecule has 1 aromatic rings. The number of aliphatic hydroxyl groups is 1. The molecule has 1 aromatic carbocycles. The van der Waals surface area contributed by atoms with Gasteiger partial charge in [0.05, 0.1) is 5.60 Å². The predicted octanol–water partition coefficient (Wildman–Crippen LogP) is 3.80. The maximum Gasteiger partial charge on any atom is 0.0953 e. The van der Waals surface area contributed by atoms with Gasteiger partial charge in [0.2, 0.25) is 0 Å². The van der Waals surface area contributed by atoms with Crippen LogP contribution in [0.1, 0.15) is 50.5 Å². The predicted molar refractivity (Wildman–Crippen MR) is 87.1 cm³/mol. The highest BCUT2D eigenvalue weighted by atomic mass is 16.3. The van der Waals surface area contributed by atoms with E-state index in [1.54, 1.807) is 0 Å². The average molecular weight is 287 g/mol. The second-order valence-electron chi connectivity index (χ2n) is 7.10. The molecule has 1 saturated carbocycles. The summed E-state index contributed by atoms with van der Waals surface area (Å²) in [4.78, 5) is 2.39. The van der Waals surface area contributed by atoms with Gasteiger partial charge < -0.3 is 10.0 Å². The molecule has 1 saturated heterocycles. The summed E-state index contributed by atoms with van der Waals surface area (Å²) in [7, 11) is 2.19. The molecule has 3 rings (SSSR count). The van der Waals surface area contributed by atoms with Gasteiger partial charge in [-0.2, -0.15) is 0 Å². The van der Waals surface area contributed by atoms with Gasteiger partial charge in [-0.3, -0.25) is 0 Å². The Morgan fingerprint density at radius 1 is 0.905 bits per heavy atom. The van der Waals surface area contributed by atoms with Gasteiger partial charge in [0.15, 0.2) is 0 Å². The number of piperidine rings is 1. The molecule has 1 aliphatic heterocycles. The smallest absolute Gasteiger partial charge is 0.0953 e. The molecular weight excluding hydrogens is 258 g/mol. The third-order valence-electron chi connectivity index (χ3n) is 5.80. The fraction of sp³-hybridized carbons (Fsp3) is 0.684. The standard InChI is InChI=1S/C19H29NO/c1-20-14-12-18(13-15-20)19(21,16-8-4-2-5-9-16)17-10-6-3-7-11-17/h2,4-5,8-9,17-18,21H,3,6-7,10-15H2,1H3. The SMILES string of the molecule is CN1CCC(C(O)(c2ccccc2)C2CCCCC2)CC1. The van der Waals surface area contributed by atoms with Gasteiger partial charge in [0.25, 0.3) is 0 Å². The van der Waals surface area contributed by atoms with E-state index in [2.05, 4.69) is 42.3 Å². The van der Waals surface area contributed by atoms with Crippen LogP contribution >= 0.6 is 0 Å². The zero-order chi connectivity index (χ0) is 14.7. The molecule has 0 radical (unpaired) electrons. The van der Waals surface area contributed by atoms with E-state index in [1.165, 1.54) is 32.1 Å². The molecule has 21 heavy (non-hydrogen) atoms. The lowest BCUT2D eigenvalue weighted by Gasteiger charge is -2.47. The maximum absolute atomic E-state index is 11.8. The van der Waals surface area contributed by atoms with Crippen molar-refractivity contribution in [2.45, 2.75) is 50.5 Å².